The van der Waals surface area contributed by atoms with Crippen LogP contribution < -0.4 is 0 Å². The Balaban J connectivity index is 1.91. The van der Waals surface area contributed by atoms with Gasteiger partial charge in [0.2, 0.25) is 0 Å². The zero-order chi connectivity index (χ0) is 6.27. The van der Waals surface area contributed by atoms with Crippen molar-refractivity contribution in [3.63, 3.8) is 0 Å². The van der Waals surface area contributed by atoms with E-state index in [0.29, 0.717) is 0 Å². The Hall–Kier alpha value is 0. The molecule has 1 unspecified atom stereocenters. The molecule has 2 rings (SSSR count). The van der Waals surface area contributed by atoms with Gasteiger partial charge in [-0.25, -0.2) is 0 Å². The summed E-state index contributed by atoms with van der Waals surface area (Å²) < 4.78 is 0. The molecule has 0 aromatic rings. The molecular weight excluding hydrogens is 108 g/mol. The van der Waals surface area contributed by atoms with Gasteiger partial charge in [-0.3, -0.25) is 0 Å². The third-order valence-corrected chi connectivity index (χ3v) is 3.31. The summed E-state index contributed by atoms with van der Waals surface area (Å²) in [5.41, 5.74) is 0. The van der Waals surface area contributed by atoms with E-state index in [1.807, 2.05) is 0 Å². The second-order valence-electron chi connectivity index (χ2n) is 3.68. The quantitative estimate of drug-likeness (QED) is 0.504. The van der Waals surface area contributed by atoms with Crippen LogP contribution in [0.5, 0.6) is 0 Å². The fraction of sp³-hybridized carbons (Fsp3) is 1.00. The molecule has 0 amide bonds. The van der Waals surface area contributed by atoms with Crippen LogP contribution in [0.4, 0.5) is 0 Å². The topological polar surface area (TPSA) is 0 Å². The van der Waals surface area contributed by atoms with E-state index in [0.717, 1.165) is 5.92 Å². The summed E-state index contributed by atoms with van der Waals surface area (Å²) in [4.78, 5) is 0. The molecule has 2 fully saturated rings. The van der Waals surface area contributed by atoms with Gasteiger partial charge in [-0.2, -0.15) is 0 Å². The Kier molecular flexibility index (Phi) is 1.28. The van der Waals surface area contributed by atoms with E-state index in [1.165, 1.54) is 31.1 Å². The number of hydrogen-bond acceptors (Lipinski definition) is 0. The molecule has 0 aromatic carbocycles. The molecule has 2 aliphatic rings. The van der Waals surface area contributed by atoms with E-state index >= 15 is 0 Å². The van der Waals surface area contributed by atoms with Crippen LogP contribution in [-0.2, 0) is 0 Å². The molecule has 0 radical (unpaired) electrons. The maximum Gasteiger partial charge on any atom is -0.0352 e. The van der Waals surface area contributed by atoms with Crippen LogP contribution in [0.25, 0.3) is 0 Å². The Morgan fingerprint density at radius 2 is 1.67 bits per heavy atom. The zero-order valence-corrected chi connectivity index (χ0v) is 6.27. The van der Waals surface area contributed by atoms with Crippen molar-refractivity contribution in [2.24, 2.45) is 17.8 Å². The van der Waals surface area contributed by atoms with E-state index in [4.69, 9.17) is 0 Å². The van der Waals surface area contributed by atoms with E-state index in [1.54, 1.807) is 12.8 Å². The summed E-state index contributed by atoms with van der Waals surface area (Å²) in [7, 11) is 0. The van der Waals surface area contributed by atoms with Gasteiger partial charge in [0.15, 0.2) is 0 Å². The maximum atomic E-state index is 2.35. The molecule has 2 saturated carbocycles. The molecule has 0 nitrogen and oxygen atoms in total. The standard InChI is InChI=1S/C9H16/c1-2-7-8-5-3-4-6-9(7)8/h7-9H,2-6H2,1H3/t7?,8-,9+. The normalized spacial score (nSPS) is 48.3. The van der Waals surface area contributed by atoms with Gasteiger partial charge in [-0.1, -0.05) is 26.2 Å². The molecule has 0 heterocycles. The van der Waals surface area contributed by atoms with Crippen molar-refractivity contribution in [2.75, 3.05) is 0 Å². The summed E-state index contributed by atoms with van der Waals surface area (Å²) in [6, 6.07) is 0. The highest BCUT2D eigenvalue weighted by molar-refractivity contribution is 4.97. The molecule has 9 heavy (non-hydrogen) atoms. The first-order valence-electron chi connectivity index (χ1n) is 4.43. The van der Waals surface area contributed by atoms with Crippen LogP contribution in [0, 0.1) is 17.8 Å². The fourth-order valence-corrected chi connectivity index (χ4v) is 2.75. The Morgan fingerprint density at radius 1 is 1.11 bits per heavy atom. The molecule has 0 N–H and O–H groups in total. The lowest BCUT2D eigenvalue weighted by molar-refractivity contribution is 0.480. The van der Waals surface area contributed by atoms with E-state index < -0.39 is 0 Å². The molecule has 3 atom stereocenters. The van der Waals surface area contributed by atoms with Crippen molar-refractivity contribution in [2.45, 2.75) is 39.0 Å². The third-order valence-electron chi connectivity index (χ3n) is 3.31. The molecule has 0 aromatic heterocycles. The van der Waals surface area contributed by atoms with Crippen LogP contribution in [0.3, 0.4) is 0 Å². The summed E-state index contributed by atoms with van der Waals surface area (Å²) in [6.45, 7) is 2.35. The summed E-state index contributed by atoms with van der Waals surface area (Å²) >= 11 is 0. The highest BCUT2D eigenvalue weighted by Gasteiger charge is 2.48. The van der Waals surface area contributed by atoms with Gasteiger partial charge >= 0.3 is 0 Å². The monoisotopic (exact) mass is 124 g/mol. The first-order chi connectivity index (χ1) is 4.43. The van der Waals surface area contributed by atoms with Gasteiger partial charge in [0, 0.05) is 0 Å². The van der Waals surface area contributed by atoms with E-state index in [9.17, 15) is 0 Å². The van der Waals surface area contributed by atoms with Crippen molar-refractivity contribution < 1.29 is 0 Å². The summed E-state index contributed by atoms with van der Waals surface area (Å²) in [6.07, 6.45) is 7.62. The average molecular weight is 124 g/mol. The largest absolute Gasteiger partial charge is 0.0651 e. The van der Waals surface area contributed by atoms with E-state index in [2.05, 4.69) is 6.92 Å². The van der Waals surface area contributed by atoms with Crippen LogP contribution in [0.2, 0.25) is 0 Å². The van der Waals surface area contributed by atoms with Gasteiger partial charge in [0.1, 0.15) is 0 Å². The number of rotatable bonds is 1. The molecule has 0 saturated heterocycles. The van der Waals surface area contributed by atoms with Crippen molar-refractivity contribution >= 4 is 0 Å². The highest BCUT2D eigenvalue weighted by Crippen LogP contribution is 2.56. The van der Waals surface area contributed by atoms with Gasteiger partial charge in [-0.05, 0) is 30.6 Å². The smallest absolute Gasteiger partial charge is 0.0352 e. The van der Waals surface area contributed by atoms with Gasteiger partial charge in [0.25, 0.3) is 0 Å². The first kappa shape index (κ1) is 5.76. The SMILES string of the molecule is CCC1[C@H]2CCCC[C@@H]12. The lowest BCUT2D eigenvalue weighted by Gasteiger charge is -2.05. The first-order valence-corrected chi connectivity index (χ1v) is 4.43. The zero-order valence-electron chi connectivity index (χ0n) is 6.27. The summed E-state index contributed by atoms with van der Waals surface area (Å²) in [5, 5.41) is 0. The second-order valence-corrected chi connectivity index (χ2v) is 3.68. The molecule has 52 valence electrons. The Morgan fingerprint density at radius 3 is 2.11 bits per heavy atom. The minimum atomic E-state index is 1.16. The van der Waals surface area contributed by atoms with Crippen molar-refractivity contribution in [1.29, 1.82) is 0 Å². The molecular formula is C9H16. The van der Waals surface area contributed by atoms with Crippen molar-refractivity contribution in [3.05, 3.63) is 0 Å². The molecule has 0 aliphatic heterocycles. The lowest BCUT2D eigenvalue weighted by atomic mass is 10.0. The van der Waals surface area contributed by atoms with Crippen LogP contribution >= 0.6 is 0 Å². The number of hydrogen-bond donors (Lipinski definition) is 0. The van der Waals surface area contributed by atoms with Crippen molar-refractivity contribution in [1.82, 2.24) is 0 Å². The number of fused-ring (bicyclic) bond motifs is 1. The van der Waals surface area contributed by atoms with Crippen LogP contribution in [0.15, 0.2) is 0 Å². The highest BCUT2D eigenvalue weighted by atomic mass is 14.5. The van der Waals surface area contributed by atoms with Gasteiger partial charge in [-0.15, -0.1) is 0 Å². The predicted molar refractivity (Wildman–Crippen MR) is 39.2 cm³/mol. The van der Waals surface area contributed by atoms with Gasteiger partial charge < -0.3 is 0 Å². The summed E-state index contributed by atoms with van der Waals surface area (Å²) in [5.74, 6) is 3.53. The Labute approximate surface area is 57.6 Å². The third kappa shape index (κ3) is 0.798. The lowest BCUT2D eigenvalue weighted by Crippen LogP contribution is -1.91. The fourth-order valence-electron chi connectivity index (χ4n) is 2.75. The Bertz CT molecular complexity index is 87.9. The van der Waals surface area contributed by atoms with Gasteiger partial charge in [0.05, 0.1) is 0 Å². The maximum absolute atomic E-state index is 2.35. The molecule has 0 spiro atoms. The minimum absolute atomic E-state index is 1.16. The average Bonchev–Trinajstić information content (AvgIpc) is 2.60. The van der Waals surface area contributed by atoms with Crippen molar-refractivity contribution in [3.8, 4) is 0 Å². The van der Waals surface area contributed by atoms with Crippen LogP contribution in [0.1, 0.15) is 39.0 Å². The molecule has 2 aliphatic carbocycles. The second kappa shape index (κ2) is 2.00. The van der Waals surface area contributed by atoms with Crippen LogP contribution in [-0.4, -0.2) is 0 Å². The minimum Gasteiger partial charge on any atom is -0.0651 e. The molecule has 0 bridgehead atoms. The molecule has 0 heteroatoms. The van der Waals surface area contributed by atoms with E-state index in [-0.39, 0.29) is 0 Å². The predicted octanol–water partition coefficient (Wildman–Crippen LogP) is 2.83.